The average Bonchev–Trinajstić information content (AvgIpc) is 2.34. The van der Waals surface area contributed by atoms with Gasteiger partial charge in [0.05, 0.1) is 10.5 Å². The van der Waals surface area contributed by atoms with Crippen LogP contribution in [0.5, 0.6) is 0 Å². The zero-order chi connectivity index (χ0) is 15.5. The van der Waals surface area contributed by atoms with Gasteiger partial charge in [0.15, 0.2) is 9.84 Å². The molecule has 0 spiro atoms. The molecule has 0 aromatic carbocycles. The summed E-state index contributed by atoms with van der Waals surface area (Å²) < 4.78 is 23.2. The van der Waals surface area contributed by atoms with Gasteiger partial charge in [-0.05, 0) is 27.2 Å². The van der Waals surface area contributed by atoms with E-state index < -0.39 is 14.6 Å². The van der Waals surface area contributed by atoms with E-state index in [1.165, 1.54) is 57.8 Å². The molecule has 0 atom stereocenters. The summed E-state index contributed by atoms with van der Waals surface area (Å²) in [4.78, 5) is 0. The fourth-order valence-corrected chi connectivity index (χ4v) is 3.46. The molecular formula is C17H36O2S. The fraction of sp³-hybridized carbons (Fsp3) is 1.00. The summed E-state index contributed by atoms with van der Waals surface area (Å²) in [5.41, 5.74) is 0. The molecule has 0 aromatic heterocycles. The lowest BCUT2D eigenvalue weighted by Crippen LogP contribution is -2.30. The molecule has 0 aliphatic rings. The molecule has 122 valence electrons. The molecule has 0 rings (SSSR count). The first kappa shape index (κ1) is 19.9. The van der Waals surface area contributed by atoms with E-state index in [0.717, 1.165) is 12.8 Å². The monoisotopic (exact) mass is 304 g/mol. The molecule has 0 saturated heterocycles. The molecule has 0 fully saturated rings. The van der Waals surface area contributed by atoms with Crippen LogP contribution in [0, 0.1) is 0 Å². The molecule has 0 aliphatic heterocycles. The lowest BCUT2D eigenvalue weighted by Gasteiger charge is -2.18. The maximum Gasteiger partial charge on any atom is 0.155 e. The van der Waals surface area contributed by atoms with Gasteiger partial charge in [-0.1, -0.05) is 71.1 Å². The van der Waals surface area contributed by atoms with Gasteiger partial charge in [0.1, 0.15) is 0 Å². The SMILES string of the molecule is CCCCCCCCCCCCCS(=O)(=O)C(C)(C)C. The Morgan fingerprint density at radius 3 is 1.35 bits per heavy atom. The van der Waals surface area contributed by atoms with Crippen molar-refractivity contribution in [2.75, 3.05) is 5.75 Å². The number of sulfone groups is 1. The Kier molecular flexibility index (Phi) is 10.6. The van der Waals surface area contributed by atoms with Gasteiger partial charge in [-0.15, -0.1) is 0 Å². The van der Waals surface area contributed by atoms with Crippen molar-refractivity contribution in [2.24, 2.45) is 0 Å². The molecule has 0 unspecified atom stereocenters. The topological polar surface area (TPSA) is 34.1 Å². The van der Waals surface area contributed by atoms with E-state index in [0.29, 0.717) is 5.75 Å². The highest BCUT2D eigenvalue weighted by Crippen LogP contribution is 2.18. The summed E-state index contributed by atoms with van der Waals surface area (Å²) in [6.07, 6.45) is 13.9. The van der Waals surface area contributed by atoms with Crippen LogP contribution in [0.4, 0.5) is 0 Å². The quantitative estimate of drug-likeness (QED) is 0.445. The summed E-state index contributed by atoms with van der Waals surface area (Å²) >= 11 is 0. The Morgan fingerprint density at radius 1 is 0.650 bits per heavy atom. The largest absolute Gasteiger partial charge is 0.228 e. The Labute approximate surface area is 127 Å². The van der Waals surface area contributed by atoms with Crippen LogP contribution < -0.4 is 0 Å². The van der Waals surface area contributed by atoms with Crippen molar-refractivity contribution in [1.29, 1.82) is 0 Å². The summed E-state index contributed by atoms with van der Waals surface area (Å²) in [7, 11) is -2.91. The lowest BCUT2D eigenvalue weighted by atomic mass is 10.1. The first-order chi connectivity index (χ1) is 9.31. The molecule has 2 nitrogen and oxygen atoms in total. The van der Waals surface area contributed by atoms with Crippen LogP contribution in [-0.2, 0) is 9.84 Å². The van der Waals surface area contributed by atoms with E-state index in [1.807, 2.05) is 0 Å². The number of rotatable bonds is 12. The smallest absolute Gasteiger partial charge is 0.155 e. The van der Waals surface area contributed by atoms with Crippen molar-refractivity contribution in [1.82, 2.24) is 0 Å². The number of hydrogen-bond acceptors (Lipinski definition) is 2. The highest BCUT2D eigenvalue weighted by molar-refractivity contribution is 7.92. The summed E-state index contributed by atoms with van der Waals surface area (Å²) in [6.45, 7) is 7.63. The van der Waals surface area contributed by atoms with E-state index >= 15 is 0 Å². The highest BCUT2D eigenvalue weighted by Gasteiger charge is 2.27. The van der Waals surface area contributed by atoms with Gasteiger partial charge in [0.25, 0.3) is 0 Å². The molecule has 20 heavy (non-hydrogen) atoms. The Bertz CT molecular complexity index is 312. The molecule has 0 radical (unpaired) electrons. The van der Waals surface area contributed by atoms with E-state index in [2.05, 4.69) is 6.92 Å². The van der Waals surface area contributed by atoms with Crippen molar-refractivity contribution < 1.29 is 8.42 Å². The van der Waals surface area contributed by atoms with Crippen molar-refractivity contribution >= 4 is 9.84 Å². The lowest BCUT2D eigenvalue weighted by molar-refractivity contribution is 0.543. The van der Waals surface area contributed by atoms with Crippen molar-refractivity contribution in [3.05, 3.63) is 0 Å². The molecule has 0 heterocycles. The first-order valence-electron chi connectivity index (χ1n) is 8.53. The van der Waals surface area contributed by atoms with Gasteiger partial charge in [-0.2, -0.15) is 0 Å². The van der Waals surface area contributed by atoms with Gasteiger partial charge in [-0.25, -0.2) is 8.42 Å². The average molecular weight is 305 g/mol. The third-order valence-electron chi connectivity index (χ3n) is 3.95. The van der Waals surface area contributed by atoms with E-state index in [9.17, 15) is 8.42 Å². The predicted molar refractivity (Wildman–Crippen MR) is 90.0 cm³/mol. The maximum atomic E-state index is 11.9. The number of unbranched alkanes of at least 4 members (excludes halogenated alkanes) is 10. The third kappa shape index (κ3) is 9.79. The molecule has 0 saturated carbocycles. The third-order valence-corrected chi connectivity index (χ3v) is 6.64. The fourth-order valence-electron chi connectivity index (χ4n) is 2.26. The molecule has 0 aromatic rings. The zero-order valence-corrected chi connectivity index (χ0v) is 15.0. The predicted octanol–water partition coefficient (Wildman–Crippen LogP) is 5.51. The van der Waals surface area contributed by atoms with Gasteiger partial charge in [-0.3, -0.25) is 0 Å². The van der Waals surface area contributed by atoms with Crippen molar-refractivity contribution in [2.45, 2.75) is 103 Å². The zero-order valence-electron chi connectivity index (χ0n) is 14.2. The van der Waals surface area contributed by atoms with Gasteiger partial charge < -0.3 is 0 Å². The Hall–Kier alpha value is -0.0500. The number of hydrogen-bond donors (Lipinski definition) is 0. The summed E-state index contributed by atoms with van der Waals surface area (Å²) in [6, 6.07) is 0. The van der Waals surface area contributed by atoms with Crippen LogP contribution in [0.15, 0.2) is 0 Å². The molecule has 0 aliphatic carbocycles. The van der Waals surface area contributed by atoms with E-state index in [1.54, 1.807) is 20.8 Å². The Balaban J connectivity index is 3.38. The first-order valence-corrected chi connectivity index (χ1v) is 10.2. The minimum Gasteiger partial charge on any atom is -0.228 e. The second kappa shape index (κ2) is 10.6. The molecule has 0 N–H and O–H groups in total. The Morgan fingerprint density at radius 2 is 1.00 bits per heavy atom. The van der Waals surface area contributed by atoms with Gasteiger partial charge >= 0.3 is 0 Å². The highest BCUT2D eigenvalue weighted by atomic mass is 32.2. The molecular weight excluding hydrogens is 268 g/mol. The van der Waals surface area contributed by atoms with Crippen LogP contribution in [0.1, 0.15) is 98.3 Å². The summed E-state index contributed by atoms with van der Waals surface area (Å²) in [5.74, 6) is 0.355. The van der Waals surface area contributed by atoms with Crippen LogP contribution in [0.3, 0.4) is 0 Å². The van der Waals surface area contributed by atoms with Crippen LogP contribution in [-0.4, -0.2) is 18.9 Å². The summed E-state index contributed by atoms with van der Waals surface area (Å²) in [5, 5.41) is 0. The van der Waals surface area contributed by atoms with Crippen LogP contribution in [0.2, 0.25) is 0 Å². The van der Waals surface area contributed by atoms with Crippen molar-refractivity contribution in [3.8, 4) is 0 Å². The van der Waals surface area contributed by atoms with Gasteiger partial charge in [0.2, 0.25) is 0 Å². The minimum atomic E-state index is -2.91. The van der Waals surface area contributed by atoms with Crippen molar-refractivity contribution in [3.63, 3.8) is 0 Å². The molecule has 0 amide bonds. The second-order valence-electron chi connectivity index (χ2n) is 6.97. The van der Waals surface area contributed by atoms with Crippen LogP contribution >= 0.6 is 0 Å². The molecule has 3 heteroatoms. The van der Waals surface area contributed by atoms with E-state index in [4.69, 9.17) is 0 Å². The van der Waals surface area contributed by atoms with E-state index in [-0.39, 0.29) is 0 Å². The maximum absolute atomic E-state index is 11.9. The van der Waals surface area contributed by atoms with Gasteiger partial charge in [0, 0.05) is 0 Å². The second-order valence-corrected chi connectivity index (χ2v) is 9.83. The normalized spacial score (nSPS) is 12.8. The standard InChI is InChI=1S/C17H36O2S/c1-5-6-7-8-9-10-11-12-13-14-15-16-20(18,19)17(2,3)4/h5-16H2,1-4H3. The molecule has 0 bridgehead atoms. The minimum absolute atomic E-state index is 0.355. The van der Waals surface area contributed by atoms with Crippen LogP contribution in [0.25, 0.3) is 0 Å².